The Kier molecular flexibility index (Phi) is 4.33. The van der Waals surface area contributed by atoms with Gasteiger partial charge in [-0.1, -0.05) is 24.3 Å². The third kappa shape index (κ3) is 3.32. The van der Waals surface area contributed by atoms with Crippen molar-refractivity contribution in [2.45, 2.75) is 25.0 Å². The summed E-state index contributed by atoms with van der Waals surface area (Å²) in [4.78, 5) is 19.0. The van der Waals surface area contributed by atoms with Crippen molar-refractivity contribution in [2.24, 2.45) is 0 Å². The molecule has 2 fully saturated rings. The third-order valence-corrected chi connectivity index (χ3v) is 7.54. The van der Waals surface area contributed by atoms with Crippen LogP contribution in [0.25, 0.3) is 0 Å². The predicted octanol–water partition coefficient (Wildman–Crippen LogP) is -0.0157. The highest BCUT2D eigenvalue weighted by Gasteiger charge is 2.46. The fourth-order valence-electron chi connectivity index (χ4n) is 4.41. The third-order valence-electron chi connectivity index (χ3n) is 5.84. The maximum atomic E-state index is 12.9. The molecule has 0 bridgehead atoms. The van der Waals surface area contributed by atoms with Gasteiger partial charge in [-0.15, -0.1) is 0 Å². The van der Waals surface area contributed by atoms with Crippen LogP contribution in [0.3, 0.4) is 0 Å². The van der Waals surface area contributed by atoms with Crippen LogP contribution in [-0.4, -0.2) is 85.8 Å². The molecule has 3 heterocycles. The van der Waals surface area contributed by atoms with Crippen LogP contribution < -0.4 is 0 Å². The molecular formula is C18H25N3O3S. The predicted molar refractivity (Wildman–Crippen MR) is 96.0 cm³/mol. The van der Waals surface area contributed by atoms with Crippen molar-refractivity contribution in [3.63, 3.8) is 0 Å². The van der Waals surface area contributed by atoms with Gasteiger partial charge >= 0.3 is 0 Å². The topological polar surface area (TPSA) is 60.9 Å². The number of carbonyl (C=O) groups is 1. The molecule has 7 heteroatoms. The van der Waals surface area contributed by atoms with Crippen LogP contribution >= 0.6 is 0 Å². The summed E-state index contributed by atoms with van der Waals surface area (Å²) in [5, 5.41) is 0. The van der Waals surface area contributed by atoms with Gasteiger partial charge in [-0.05, 0) is 24.6 Å². The number of rotatable bonds is 2. The van der Waals surface area contributed by atoms with E-state index in [4.69, 9.17) is 0 Å². The smallest absolute Gasteiger partial charge is 0.237 e. The molecule has 0 spiro atoms. The molecule has 3 aliphatic rings. The van der Waals surface area contributed by atoms with Crippen LogP contribution in [-0.2, 0) is 27.6 Å². The summed E-state index contributed by atoms with van der Waals surface area (Å²) >= 11 is 0. The average molecular weight is 363 g/mol. The monoisotopic (exact) mass is 363 g/mol. The molecule has 0 aromatic heterocycles. The van der Waals surface area contributed by atoms with Crippen LogP contribution in [0.1, 0.15) is 11.1 Å². The molecule has 0 aliphatic carbocycles. The summed E-state index contributed by atoms with van der Waals surface area (Å²) in [6.45, 7) is 3.41. The van der Waals surface area contributed by atoms with Gasteiger partial charge in [0.1, 0.15) is 0 Å². The Morgan fingerprint density at radius 2 is 1.80 bits per heavy atom. The first-order chi connectivity index (χ1) is 11.9. The zero-order chi connectivity index (χ0) is 17.6. The first-order valence-electron chi connectivity index (χ1n) is 8.92. The van der Waals surface area contributed by atoms with E-state index in [1.165, 1.54) is 11.1 Å². The van der Waals surface area contributed by atoms with E-state index in [-0.39, 0.29) is 29.5 Å². The highest BCUT2D eigenvalue weighted by molar-refractivity contribution is 7.91. The van der Waals surface area contributed by atoms with Crippen molar-refractivity contribution in [1.82, 2.24) is 14.7 Å². The zero-order valence-electron chi connectivity index (χ0n) is 14.6. The Morgan fingerprint density at radius 1 is 1.08 bits per heavy atom. The Morgan fingerprint density at radius 3 is 2.60 bits per heavy atom. The van der Waals surface area contributed by atoms with E-state index in [0.717, 1.165) is 26.1 Å². The van der Waals surface area contributed by atoms with E-state index in [2.05, 4.69) is 28.0 Å². The van der Waals surface area contributed by atoms with E-state index in [1.807, 2.05) is 18.0 Å². The second-order valence-electron chi connectivity index (χ2n) is 7.51. The van der Waals surface area contributed by atoms with Gasteiger partial charge < -0.3 is 4.90 Å². The zero-order valence-corrected chi connectivity index (χ0v) is 15.4. The minimum atomic E-state index is -3.05. The highest BCUT2D eigenvalue weighted by atomic mass is 32.2. The summed E-state index contributed by atoms with van der Waals surface area (Å²) in [6.07, 6.45) is 0.965. The minimum Gasteiger partial charge on any atom is -0.335 e. The quantitative estimate of drug-likeness (QED) is 0.739. The molecule has 25 heavy (non-hydrogen) atoms. The molecule has 0 saturated carbocycles. The van der Waals surface area contributed by atoms with E-state index >= 15 is 0 Å². The van der Waals surface area contributed by atoms with Crippen molar-refractivity contribution in [2.75, 3.05) is 44.7 Å². The molecule has 0 radical (unpaired) electrons. The SMILES string of the molecule is CN1CCN(C(=O)CN2CCc3ccccc3C2)[C@@H]2CS(=O)(=O)C[C@@H]21. The lowest BCUT2D eigenvalue weighted by Crippen LogP contribution is -2.60. The van der Waals surface area contributed by atoms with Gasteiger partial charge in [-0.2, -0.15) is 0 Å². The molecule has 2 saturated heterocycles. The standard InChI is InChI=1S/C18H25N3O3S/c1-19-8-9-21(17-13-25(23,24)12-16(17)19)18(22)11-20-7-6-14-4-2-3-5-15(14)10-20/h2-5,16-17H,6-13H2,1H3/t16-,17+/m0/s1. The number of piperazine rings is 1. The summed E-state index contributed by atoms with van der Waals surface area (Å²) < 4.78 is 24.1. The van der Waals surface area contributed by atoms with Gasteiger partial charge in [0.15, 0.2) is 9.84 Å². The lowest BCUT2D eigenvalue weighted by molar-refractivity contribution is -0.138. The van der Waals surface area contributed by atoms with E-state index in [0.29, 0.717) is 13.1 Å². The number of likely N-dealkylation sites (N-methyl/N-ethyl adjacent to an activating group) is 1. The van der Waals surface area contributed by atoms with Crippen LogP contribution in [0.15, 0.2) is 24.3 Å². The van der Waals surface area contributed by atoms with E-state index in [1.54, 1.807) is 0 Å². The van der Waals surface area contributed by atoms with Crippen LogP contribution in [0.5, 0.6) is 0 Å². The number of sulfone groups is 1. The number of hydrogen-bond acceptors (Lipinski definition) is 5. The average Bonchev–Trinajstić information content (AvgIpc) is 2.91. The van der Waals surface area contributed by atoms with E-state index in [9.17, 15) is 13.2 Å². The van der Waals surface area contributed by atoms with Crippen molar-refractivity contribution >= 4 is 15.7 Å². The van der Waals surface area contributed by atoms with Gasteiger partial charge in [-0.3, -0.25) is 14.6 Å². The van der Waals surface area contributed by atoms with Gasteiger partial charge in [0.2, 0.25) is 5.91 Å². The number of nitrogens with zero attached hydrogens (tertiary/aromatic N) is 3. The molecule has 1 aromatic rings. The van der Waals surface area contributed by atoms with Crippen LogP contribution in [0.4, 0.5) is 0 Å². The molecular weight excluding hydrogens is 338 g/mol. The van der Waals surface area contributed by atoms with Gasteiger partial charge in [0, 0.05) is 32.2 Å². The normalized spacial score (nSPS) is 29.2. The molecule has 2 atom stereocenters. The van der Waals surface area contributed by atoms with Crippen LogP contribution in [0, 0.1) is 0 Å². The number of carbonyl (C=O) groups excluding carboxylic acids is 1. The molecule has 0 N–H and O–H groups in total. The Bertz CT molecular complexity index is 780. The summed E-state index contributed by atoms with van der Waals surface area (Å²) in [5.41, 5.74) is 2.66. The molecule has 136 valence electrons. The van der Waals surface area contributed by atoms with Crippen molar-refractivity contribution < 1.29 is 13.2 Å². The van der Waals surface area contributed by atoms with Gasteiger partial charge in [-0.25, -0.2) is 8.42 Å². The Hall–Kier alpha value is -1.44. The van der Waals surface area contributed by atoms with Gasteiger partial charge in [0.25, 0.3) is 0 Å². The van der Waals surface area contributed by atoms with Gasteiger partial charge in [0.05, 0.1) is 24.1 Å². The number of hydrogen-bond donors (Lipinski definition) is 0. The highest BCUT2D eigenvalue weighted by Crippen LogP contribution is 2.26. The lowest BCUT2D eigenvalue weighted by Gasteiger charge is -2.43. The fraction of sp³-hybridized carbons (Fsp3) is 0.611. The Labute approximate surface area is 149 Å². The second kappa shape index (κ2) is 6.37. The maximum absolute atomic E-state index is 12.9. The molecule has 1 amide bonds. The largest absolute Gasteiger partial charge is 0.335 e. The first kappa shape index (κ1) is 17.0. The Balaban J connectivity index is 1.45. The molecule has 4 rings (SSSR count). The number of amides is 1. The van der Waals surface area contributed by atoms with Crippen molar-refractivity contribution in [1.29, 1.82) is 0 Å². The maximum Gasteiger partial charge on any atom is 0.237 e. The molecule has 1 aromatic carbocycles. The van der Waals surface area contributed by atoms with Crippen molar-refractivity contribution in [3.05, 3.63) is 35.4 Å². The molecule has 3 aliphatic heterocycles. The number of fused-ring (bicyclic) bond motifs is 2. The first-order valence-corrected chi connectivity index (χ1v) is 10.7. The summed E-state index contributed by atoms with van der Waals surface area (Å²) in [5.74, 6) is 0.352. The van der Waals surface area contributed by atoms with Crippen LogP contribution in [0.2, 0.25) is 0 Å². The summed E-state index contributed by atoms with van der Waals surface area (Å²) in [7, 11) is -1.09. The molecule has 0 unspecified atom stereocenters. The lowest BCUT2D eigenvalue weighted by atomic mass is 10.00. The minimum absolute atomic E-state index is 0.0511. The molecule has 6 nitrogen and oxygen atoms in total. The van der Waals surface area contributed by atoms with Crippen molar-refractivity contribution in [3.8, 4) is 0 Å². The number of benzene rings is 1. The summed E-state index contributed by atoms with van der Waals surface area (Å²) in [6, 6.07) is 8.14. The fourth-order valence-corrected chi connectivity index (χ4v) is 6.46. The van der Waals surface area contributed by atoms with E-state index < -0.39 is 9.84 Å². The second-order valence-corrected chi connectivity index (χ2v) is 9.66.